The zero-order chi connectivity index (χ0) is 20.1. The van der Waals surface area contributed by atoms with Gasteiger partial charge in [-0.15, -0.1) is 0 Å². The van der Waals surface area contributed by atoms with E-state index in [2.05, 4.69) is 20.5 Å². The normalized spacial score (nSPS) is 15.8. The molecule has 1 aromatic heterocycles. The lowest BCUT2D eigenvalue weighted by Crippen LogP contribution is -2.36. The number of H-pyrrole nitrogens is 1. The Bertz CT molecular complexity index is 960. The number of rotatable bonds is 6. The summed E-state index contributed by atoms with van der Waals surface area (Å²) in [5.41, 5.74) is 8.49. The first kappa shape index (κ1) is 19.3. The summed E-state index contributed by atoms with van der Waals surface area (Å²) in [4.78, 5) is 17.5. The Kier molecular flexibility index (Phi) is 5.71. The Balaban J connectivity index is 1.53. The topological polar surface area (TPSA) is 96.7 Å². The monoisotopic (exact) mass is 389 g/mol. The van der Waals surface area contributed by atoms with Gasteiger partial charge < -0.3 is 11.1 Å². The van der Waals surface area contributed by atoms with E-state index >= 15 is 0 Å². The third kappa shape index (κ3) is 4.38. The highest BCUT2D eigenvalue weighted by molar-refractivity contribution is 5.95. The van der Waals surface area contributed by atoms with Crippen LogP contribution in [0, 0.1) is 5.41 Å². The summed E-state index contributed by atoms with van der Waals surface area (Å²) in [6, 6.07) is 17.5. The molecule has 6 nitrogen and oxygen atoms in total. The van der Waals surface area contributed by atoms with Crippen LogP contribution >= 0.6 is 0 Å². The number of amides is 1. The molecule has 2 aromatic carbocycles. The van der Waals surface area contributed by atoms with Gasteiger partial charge in [-0.05, 0) is 36.9 Å². The molecule has 6 heteroatoms. The van der Waals surface area contributed by atoms with Crippen LogP contribution in [0.3, 0.4) is 0 Å². The minimum Gasteiger partial charge on any atom is -0.330 e. The van der Waals surface area contributed by atoms with Gasteiger partial charge in [0.25, 0.3) is 0 Å². The van der Waals surface area contributed by atoms with Crippen molar-refractivity contribution in [2.45, 2.75) is 38.5 Å². The zero-order valence-electron chi connectivity index (χ0n) is 16.5. The Morgan fingerprint density at radius 1 is 1.03 bits per heavy atom. The van der Waals surface area contributed by atoms with E-state index in [1.54, 1.807) is 0 Å². The summed E-state index contributed by atoms with van der Waals surface area (Å²) in [5, 5.41) is 10.4. The number of nitrogens with two attached hydrogens (primary N) is 1. The zero-order valence-corrected chi connectivity index (χ0v) is 16.5. The van der Waals surface area contributed by atoms with E-state index in [0.717, 1.165) is 42.5 Å². The van der Waals surface area contributed by atoms with Crippen LogP contribution in [-0.4, -0.2) is 27.6 Å². The van der Waals surface area contributed by atoms with Crippen LogP contribution in [0.15, 0.2) is 54.6 Å². The number of nitrogens with one attached hydrogen (secondary N) is 2. The fraction of sp³-hybridized carbons (Fsp3) is 0.348. The summed E-state index contributed by atoms with van der Waals surface area (Å²) in [5.74, 6) is 1.27. The van der Waals surface area contributed by atoms with Crippen molar-refractivity contribution in [3.8, 4) is 22.8 Å². The van der Waals surface area contributed by atoms with Crippen molar-refractivity contribution in [1.82, 2.24) is 15.2 Å². The summed E-state index contributed by atoms with van der Waals surface area (Å²) in [6.45, 7) is 0.560. The Hall–Kier alpha value is -2.99. The molecule has 0 radical (unpaired) electrons. The number of benzene rings is 2. The number of aromatic amines is 1. The van der Waals surface area contributed by atoms with Crippen molar-refractivity contribution in [2.75, 3.05) is 11.9 Å². The van der Waals surface area contributed by atoms with Crippen molar-refractivity contribution < 1.29 is 4.79 Å². The molecule has 1 fully saturated rings. The predicted octanol–water partition coefficient (Wildman–Crippen LogP) is 4.38. The van der Waals surface area contributed by atoms with Crippen LogP contribution in [-0.2, 0) is 4.79 Å². The van der Waals surface area contributed by atoms with E-state index in [0.29, 0.717) is 24.6 Å². The Morgan fingerprint density at radius 2 is 1.76 bits per heavy atom. The highest BCUT2D eigenvalue weighted by atomic mass is 16.1. The molecule has 4 rings (SSSR count). The van der Waals surface area contributed by atoms with Crippen LogP contribution in [0.2, 0.25) is 0 Å². The van der Waals surface area contributed by atoms with Gasteiger partial charge in [0.15, 0.2) is 11.6 Å². The molecule has 4 N–H and O–H groups in total. The van der Waals surface area contributed by atoms with Crippen LogP contribution in [0.4, 0.5) is 5.69 Å². The molecule has 3 aromatic rings. The average Bonchev–Trinajstić information content (AvgIpc) is 3.25. The highest BCUT2D eigenvalue weighted by Crippen LogP contribution is 2.39. The molecular weight excluding hydrogens is 362 g/mol. The fourth-order valence-corrected chi connectivity index (χ4v) is 4.19. The summed E-state index contributed by atoms with van der Waals surface area (Å²) < 4.78 is 0. The second-order valence-corrected chi connectivity index (χ2v) is 7.91. The second-order valence-electron chi connectivity index (χ2n) is 7.91. The molecule has 1 aliphatic carbocycles. The number of para-hydroxylation sites is 1. The summed E-state index contributed by atoms with van der Waals surface area (Å²) in [6.07, 6.45) is 6.07. The lowest BCUT2D eigenvalue weighted by Gasteiger charge is -2.35. The summed E-state index contributed by atoms with van der Waals surface area (Å²) in [7, 11) is 0. The largest absolute Gasteiger partial charge is 0.330 e. The molecule has 29 heavy (non-hydrogen) atoms. The van der Waals surface area contributed by atoms with Crippen molar-refractivity contribution in [2.24, 2.45) is 11.1 Å². The lowest BCUT2D eigenvalue weighted by molar-refractivity contribution is -0.118. The summed E-state index contributed by atoms with van der Waals surface area (Å²) >= 11 is 0. The van der Waals surface area contributed by atoms with Crippen molar-refractivity contribution >= 4 is 11.6 Å². The van der Waals surface area contributed by atoms with Gasteiger partial charge in [-0.2, -0.15) is 5.10 Å². The Labute approximate surface area is 170 Å². The van der Waals surface area contributed by atoms with Crippen LogP contribution < -0.4 is 11.1 Å². The van der Waals surface area contributed by atoms with Crippen LogP contribution in [0.5, 0.6) is 0 Å². The highest BCUT2D eigenvalue weighted by Gasteiger charge is 2.33. The number of anilines is 1. The Morgan fingerprint density at radius 3 is 2.52 bits per heavy atom. The van der Waals surface area contributed by atoms with E-state index in [1.807, 2.05) is 54.6 Å². The third-order valence-electron chi connectivity index (χ3n) is 5.86. The smallest absolute Gasteiger partial charge is 0.224 e. The van der Waals surface area contributed by atoms with Crippen molar-refractivity contribution in [3.63, 3.8) is 0 Å². The van der Waals surface area contributed by atoms with E-state index in [1.165, 1.54) is 6.42 Å². The molecule has 0 spiro atoms. The van der Waals surface area contributed by atoms with Crippen LogP contribution in [0.1, 0.15) is 38.5 Å². The second kappa shape index (κ2) is 8.57. The maximum absolute atomic E-state index is 12.8. The number of aromatic nitrogens is 3. The van der Waals surface area contributed by atoms with Crippen LogP contribution in [0.25, 0.3) is 22.8 Å². The number of nitrogens with zero attached hydrogens (tertiary/aromatic N) is 2. The average molecular weight is 390 g/mol. The van der Waals surface area contributed by atoms with Gasteiger partial charge in [-0.25, -0.2) is 4.98 Å². The van der Waals surface area contributed by atoms with Gasteiger partial charge in [-0.3, -0.25) is 9.89 Å². The molecule has 0 bridgehead atoms. The standard InChI is InChI=1S/C23H27N5O/c24-16-23(13-7-2-8-14-23)15-20(29)25-19-12-6-5-11-18(19)22-26-21(27-28-22)17-9-3-1-4-10-17/h1,3-6,9-12H,2,7-8,13-16,24H2,(H,25,29)(H,26,27,28). The van der Waals surface area contributed by atoms with E-state index in [4.69, 9.17) is 5.73 Å². The first-order valence-corrected chi connectivity index (χ1v) is 10.3. The molecule has 1 amide bonds. The molecule has 1 aliphatic rings. The van der Waals surface area contributed by atoms with E-state index in [9.17, 15) is 4.79 Å². The first-order chi connectivity index (χ1) is 14.2. The van der Waals surface area contributed by atoms with Gasteiger partial charge in [0.05, 0.1) is 5.69 Å². The van der Waals surface area contributed by atoms with E-state index in [-0.39, 0.29) is 11.3 Å². The van der Waals surface area contributed by atoms with Gasteiger partial charge in [0.1, 0.15) is 0 Å². The van der Waals surface area contributed by atoms with Gasteiger partial charge in [-0.1, -0.05) is 61.7 Å². The number of carbonyl (C=O) groups is 1. The lowest BCUT2D eigenvalue weighted by atomic mass is 9.71. The molecular formula is C23H27N5O. The van der Waals surface area contributed by atoms with E-state index < -0.39 is 0 Å². The van der Waals surface area contributed by atoms with Gasteiger partial charge in [0.2, 0.25) is 5.91 Å². The molecule has 1 saturated carbocycles. The number of carbonyl (C=O) groups excluding carboxylic acids is 1. The molecule has 0 saturated heterocycles. The molecule has 150 valence electrons. The first-order valence-electron chi connectivity index (χ1n) is 10.3. The fourth-order valence-electron chi connectivity index (χ4n) is 4.19. The van der Waals surface area contributed by atoms with Crippen molar-refractivity contribution in [3.05, 3.63) is 54.6 Å². The SMILES string of the molecule is NCC1(CC(=O)Nc2ccccc2-c2nc(-c3ccccc3)n[nH]2)CCCCC1. The maximum Gasteiger partial charge on any atom is 0.224 e. The molecule has 1 heterocycles. The predicted molar refractivity (Wildman–Crippen MR) is 115 cm³/mol. The number of hydrogen-bond donors (Lipinski definition) is 3. The number of hydrogen-bond acceptors (Lipinski definition) is 4. The van der Waals surface area contributed by atoms with Gasteiger partial charge in [0, 0.05) is 17.5 Å². The van der Waals surface area contributed by atoms with Gasteiger partial charge >= 0.3 is 0 Å². The quantitative estimate of drug-likeness (QED) is 0.583. The molecule has 0 unspecified atom stereocenters. The molecule has 0 atom stereocenters. The molecule has 0 aliphatic heterocycles. The maximum atomic E-state index is 12.8. The third-order valence-corrected chi connectivity index (χ3v) is 5.86. The minimum absolute atomic E-state index is 0.00704. The minimum atomic E-state index is -0.0655. The van der Waals surface area contributed by atoms with Crippen molar-refractivity contribution in [1.29, 1.82) is 0 Å².